The van der Waals surface area contributed by atoms with Crippen LogP contribution in [0.3, 0.4) is 0 Å². The maximum atomic E-state index is 11.2. The summed E-state index contributed by atoms with van der Waals surface area (Å²) in [5, 5.41) is 11.7. The van der Waals surface area contributed by atoms with Gasteiger partial charge in [-0.1, -0.05) is 12.8 Å². The highest BCUT2D eigenvalue weighted by Gasteiger charge is 2.39. The van der Waals surface area contributed by atoms with Crippen LogP contribution < -0.4 is 5.32 Å². The molecule has 1 saturated heterocycles. The minimum Gasteiger partial charge on any atom is -0.475 e. The Morgan fingerprint density at radius 1 is 1.21 bits per heavy atom. The van der Waals surface area contributed by atoms with Crippen LogP contribution in [-0.4, -0.2) is 28.9 Å². The first kappa shape index (κ1) is 9.65. The predicted octanol–water partition coefficient (Wildman–Crippen LogP) is 0.561. The van der Waals surface area contributed by atoms with Gasteiger partial charge in [0.2, 0.25) is 0 Å². The number of ketones is 1. The predicted molar refractivity (Wildman–Crippen MR) is 49.9 cm³/mol. The monoisotopic (exact) mass is 197 g/mol. The molecule has 1 aliphatic carbocycles. The Morgan fingerprint density at radius 3 is 2.57 bits per heavy atom. The Bertz CT molecular complexity index is 250. The van der Waals surface area contributed by atoms with Gasteiger partial charge in [-0.05, 0) is 25.2 Å². The molecule has 0 aromatic rings. The number of aliphatic carboxylic acids is 1. The van der Waals surface area contributed by atoms with Crippen LogP contribution in [0.15, 0.2) is 0 Å². The summed E-state index contributed by atoms with van der Waals surface area (Å²) in [6, 6.07) is -0.0438. The standard InChI is InChI=1S/C10H15NO3/c12-9(10(13)14)8-5-6-3-1-2-4-7(6)11-8/h6-8,11H,1-5H2,(H,13,14). The van der Waals surface area contributed by atoms with E-state index in [2.05, 4.69) is 5.32 Å². The summed E-state index contributed by atoms with van der Waals surface area (Å²) in [4.78, 5) is 21.7. The van der Waals surface area contributed by atoms with Gasteiger partial charge >= 0.3 is 5.97 Å². The average Bonchev–Trinajstić information content (AvgIpc) is 2.59. The molecule has 0 aromatic carbocycles. The van der Waals surface area contributed by atoms with Gasteiger partial charge in [0.25, 0.3) is 5.78 Å². The van der Waals surface area contributed by atoms with E-state index in [1.165, 1.54) is 12.8 Å². The highest BCUT2D eigenvalue weighted by molar-refractivity contribution is 6.34. The lowest BCUT2D eigenvalue weighted by Crippen LogP contribution is -2.40. The van der Waals surface area contributed by atoms with Crippen LogP contribution in [0.5, 0.6) is 0 Å². The summed E-state index contributed by atoms with van der Waals surface area (Å²) < 4.78 is 0. The highest BCUT2D eigenvalue weighted by Crippen LogP contribution is 2.33. The third-order valence-corrected chi connectivity index (χ3v) is 3.39. The van der Waals surface area contributed by atoms with Crippen LogP contribution in [0.1, 0.15) is 32.1 Å². The van der Waals surface area contributed by atoms with Crippen molar-refractivity contribution in [3.05, 3.63) is 0 Å². The summed E-state index contributed by atoms with van der Waals surface area (Å²) in [5.74, 6) is -1.45. The van der Waals surface area contributed by atoms with Crippen molar-refractivity contribution in [2.45, 2.75) is 44.2 Å². The maximum Gasteiger partial charge on any atom is 0.373 e. The fourth-order valence-corrected chi connectivity index (χ4v) is 2.67. The van der Waals surface area contributed by atoms with E-state index in [0.29, 0.717) is 12.0 Å². The SMILES string of the molecule is O=C(O)C(=O)C1CC2CCCCC2N1. The summed E-state index contributed by atoms with van der Waals surface area (Å²) in [7, 11) is 0. The van der Waals surface area contributed by atoms with Gasteiger partial charge in [-0.2, -0.15) is 0 Å². The van der Waals surface area contributed by atoms with Crippen LogP contribution in [0.4, 0.5) is 0 Å². The van der Waals surface area contributed by atoms with Crippen molar-refractivity contribution in [3.8, 4) is 0 Å². The number of fused-ring (bicyclic) bond motifs is 1. The van der Waals surface area contributed by atoms with E-state index in [1.807, 2.05) is 0 Å². The molecule has 0 spiro atoms. The molecule has 2 N–H and O–H groups in total. The number of hydrogen-bond donors (Lipinski definition) is 2. The molecule has 0 aromatic heterocycles. The lowest BCUT2D eigenvalue weighted by atomic mass is 9.85. The molecule has 0 radical (unpaired) electrons. The number of carboxylic acids is 1. The van der Waals surface area contributed by atoms with Gasteiger partial charge in [-0.15, -0.1) is 0 Å². The molecule has 4 nitrogen and oxygen atoms in total. The van der Waals surface area contributed by atoms with Gasteiger partial charge in [-0.25, -0.2) is 4.79 Å². The molecular formula is C10H15NO3. The van der Waals surface area contributed by atoms with Crippen LogP contribution >= 0.6 is 0 Å². The molecule has 3 atom stereocenters. The van der Waals surface area contributed by atoms with E-state index in [4.69, 9.17) is 5.11 Å². The van der Waals surface area contributed by atoms with E-state index in [9.17, 15) is 9.59 Å². The van der Waals surface area contributed by atoms with Crippen molar-refractivity contribution in [1.29, 1.82) is 0 Å². The number of Topliss-reactive ketones (excluding diaryl/α,β-unsaturated/α-hetero) is 1. The van der Waals surface area contributed by atoms with E-state index in [-0.39, 0.29) is 0 Å². The highest BCUT2D eigenvalue weighted by atomic mass is 16.4. The number of carboxylic acid groups (broad SMARTS) is 1. The fraction of sp³-hybridized carbons (Fsp3) is 0.800. The Morgan fingerprint density at radius 2 is 1.93 bits per heavy atom. The number of carbonyl (C=O) groups is 2. The Kier molecular flexibility index (Phi) is 2.54. The van der Waals surface area contributed by atoms with Gasteiger partial charge in [-0.3, -0.25) is 4.79 Å². The second-order valence-electron chi connectivity index (χ2n) is 4.28. The Labute approximate surface area is 82.7 Å². The first-order chi connectivity index (χ1) is 6.68. The summed E-state index contributed by atoms with van der Waals surface area (Å²) in [6.45, 7) is 0. The number of hydrogen-bond acceptors (Lipinski definition) is 3. The van der Waals surface area contributed by atoms with Crippen molar-refractivity contribution >= 4 is 11.8 Å². The van der Waals surface area contributed by atoms with Crippen LogP contribution in [0, 0.1) is 5.92 Å². The van der Waals surface area contributed by atoms with Crippen molar-refractivity contribution < 1.29 is 14.7 Å². The molecule has 1 saturated carbocycles. The molecule has 1 aliphatic heterocycles. The summed E-state index contributed by atoms with van der Waals surface area (Å²) >= 11 is 0. The molecule has 1 heterocycles. The molecular weight excluding hydrogens is 182 g/mol. The Hall–Kier alpha value is -0.900. The van der Waals surface area contributed by atoms with E-state index in [0.717, 1.165) is 19.3 Å². The quantitative estimate of drug-likeness (QED) is 0.635. The molecule has 3 unspecified atom stereocenters. The first-order valence-corrected chi connectivity index (χ1v) is 5.21. The zero-order valence-electron chi connectivity index (χ0n) is 8.03. The number of rotatable bonds is 2. The van der Waals surface area contributed by atoms with Crippen LogP contribution in [0.25, 0.3) is 0 Å². The third-order valence-electron chi connectivity index (χ3n) is 3.39. The van der Waals surface area contributed by atoms with Gasteiger partial charge in [0, 0.05) is 6.04 Å². The largest absolute Gasteiger partial charge is 0.475 e. The van der Waals surface area contributed by atoms with Gasteiger partial charge in [0.15, 0.2) is 0 Å². The van der Waals surface area contributed by atoms with Crippen LogP contribution in [-0.2, 0) is 9.59 Å². The molecule has 78 valence electrons. The second-order valence-corrected chi connectivity index (χ2v) is 4.28. The lowest BCUT2D eigenvalue weighted by molar-refractivity contribution is -0.149. The smallest absolute Gasteiger partial charge is 0.373 e. The van der Waals surface area contributed by atoms with Crippen molar-refractivity contribution in [1.82, 2.24) is 5.32 Å². The molecule has 14 heavy (non-hydrogen) atoms. The molecule has 4 heteroatoms. The maximum absolute atomic E-state index is 11.2. The van der Waals surface area contributed by atoms with E-state index in [1.54, 1.807) is 0 Å². The minimum atomic E-state index is -1.30. The first-order valence-electron chi connectivity index (χ1n) is 5.21. The van der Waals surface area contributed by atoms with Gasteiger partial charge < -0.3 is 10.4 Å². The van der Waals surface area contributed by atoms with Crippen molar-refractivity contribution in [2.75, 3.05) is 0 Å². The Balaban J connectivity index is 1.99. The number of carbonyl (C=O) groups excluding carboxylic acids is 1. The molecule has 0 amide bonds. The van der Waals surface area contributed by atoms with Crippen LogP contribution in [0.2, 0.25) is 0 Å². The zero-order valence-corrected chi connectivity index (χ0v) is 8.03. The fourth-order valence-electron chi connectivity index (χ4n) is 2.67. The van der Waals surface area contributed by atoms with Gasteiger partial charge in [0.1, 0.15) is 0 Å². The number of nitrogens with one attached hydrogen (secondary N) is 1. The van der Waals surface area contributed by atoms with E-state index < -0.39 is 17.8 Å². The van der Waals surface area contributed by atoms with Crippen molar-refractivity contribution in [3.63, 3.8) is 0 Å². The topological polar surface area (TPSA) is 66.4 Å². The summed E-state index contributed by atoms with van der Waals surface area (Å²) in [6.07, 6.45) is 5.36. The third kappa shape index (κ3) is 1.66. The average molecular weight is 197 g/mol. The lowest BCUT2D eigenvalue weighted by Gasteiger charge is -2.24. The molecule has 2 aliphatic rings. The summed E-state index contributed by atoms with van der Waals surface area (Å²) in [5.41, 5.74) is 0. The van der Waals surface area contributed by atoms with Gasteiger partial charge in [0.05, 0.1) is 6.04 Å². The molecule has 0 bridgehead atoms. The zero-order chi connectivity index (χ0) is 10.1. The normalized spacial score (nSPS) is 36.4. The molecule has 2 fully saturated rings. The minimum absolute atomic E-state index is 0.386. The van der Waals surface area contributed by atoms with Crippen molar-refractivity contribution in [2.24, 2.45) is 5.92 Å². The molecule has 2 rings (SSSR count). The van der Waals surface area contributed by atoms with E-state index >= 15 is 0 Å². The second kappa shape index (κ2) is 3.69.